The van der Waals surface area contributed by atoms with E-state index < -0.39 is 0 Å². The molecule has 0 saturated carbocycles. The van der Waals surface area contributed by atoms with Crippen molar-refractivity contribution < 1.29 is 4.39 Å². The summed E-state index contributed by atoms with van der Waals surface area (Å²) in [6.07, 6.45) is 0.598. The van der Waals surface area contributed by atoms with E-state index in [1.807, 2.05) is 24.3 Å². The molecular formula is C18H15BrFN. The quantitative estimate of drug-likeness (QED) is 0.712. The average molecular weight is 344 g/mol. The summed E-state index contributed by atoms with van der Waals surface area (Å²) in [7, 11) is 0. The maximum Gasteiger partial charge on any atom is 0.129 e. The van der Waals surface area contributed by atoms with Crippen molar-refractivity contribution in [2.45, 2.75) is 12.5 Å². The van der Waals surface area contributed by atoms with Gasteiger partial charge >= 0.3 is 0 Å². The van der Waals surface area contributed by atoms with Gasteiger partial charge in [-0.15, -0.1) is 0 Å². The third kappa shape index (κ3) is 2.85. The molecule has 0 spiro atoms. The van der Waals surface area contributed by atoms with Crippen molar-refractivity contribution >= 4 is 26.7 Å². The van der Waals surface area contributed by atoms with Gasteiger partial charge < -0.3 is 5.73 Å². The lowest BCUT2D eigenvalue weighted by atomic mass is 9.95. The predicted molar refractivity (Wildman–Crippen MR) is 88.7 cm³/mol. The molecule has 0 aliphatic rings. The van der Waals surface area contributed by atoms with Gasteiger partial charge in [-0.1, -0.05) is 64.5 Å². The first-order valence-electron chi connectivity index (χ1n) is 6.83. The van der Waals surface area contributed by atoms with E-state index in [9.17, 15) is 4.39 Å². The van der Waals surface area contributed by atoms with Crippen LogP contribution in [-0.4, -0.2) is 0 Å². The first kappa shape index (κ1) is 14.2. The zero-order valence-corrected chi connectivity index (χ0v) is 13.0. The molecule has 21 heavy (non-hydrogen) atoms. The monoisotopic (exact) mass is 343 g/mol. The van der Waals surface area contributed by atoms with Crippen LogP contribution in [0.3, 0.4) is 0 Å². The van der Waals surface area contributed by atoms with Gasteiger partial charge in [-0.2, -0.15) is 0 Å². The van der Waals surface area contributed by atoms with Gasteiger partial charge in [-0.05, 0) is 34.9 Å². The van der Waals surface area contributed by atoms with Crippen LogP contribution in [0.15, 0.2) is 65.1 Å². The van der Waals surface area contributed by atoms with Crippen LogP contribution in [-0.2, 0) is 6.42 Å². The Morgan fingerprint density at radius 3 is 2.48 bits per heavy atom. The Balaban J connectivity index is 1.99. The van der Waals surface area contributed by atoms with Crippen LogP contribution in [0.25, 0.3) is 10.8 Å². The molecule has 3 rings (SSSR count). The number of halogens is 2. The van der Waals surface area contributed by atoms with Gasteiger partial charge in [0.2, 0.25) is 0 Å². The highest BCUT2D eigenvalue weighted by molar-refractivity contribution is 9.10. The van der Waals surface area contributed by atoms with Gasteiger partial charge in [0.1, 0.15) is 5.82 Å². The third-order valence-corrected chi connectivity index (χ3v) is 4.38. The van der Waals surface area contributed by atoms with E-state index in [0.29, 0.717) is 12.0 Å². The van der Waals surface area contributed by atoms with Crippen LogP contribution in [0.2, 0.25) is 0 Å². The first-order valence-corrected chi connectivity index (χ1v) is 7.62. The molecule has 0 aliphatic heterocycles. The fraction of sp³-hybridized carbons (Fsp3) is 0.111. The molecule has 0 aliphatic carbocycles. The Kier molecular flexibility index (Phi) is 4.04. The molecule has 0 heterocycles. The molecule has 0 amide bonds. The zero-order chi connectivity index (χ0) is 14.8. The lowest BCUT2D eigenvalue weighted by Crippen LogP contribution is -2.16. The summed E-state index contributed by atoms with van der Waals surface area (Å²) in [5.74, 6) is -0.267. The van der Waals surface area contributed by atoms with Crippen LogP contribution in [0.1, 0.15) is 17.2 Å². The van der Waals surface area contributed by atoms with Crippen molar-refractivity contribution in [3.05, 3.63) is 82.1 Å². The molecule has 1 nitrogen and oxygen atoms in total. The lowest BCUT2D eigenvalue weighted by molar-refractivity contribution is 0.578. The summed E-state index contributed by atoms with van der Waals surface area (Å²) in [5.41, 5.74) is 7.92. The van der Waals surface area contributed by atoms with Gasteiger partial charge in [0.25, 0.3) is 0 Å². The molecule has 3 aromatic rings. The summed E-state index contributed by atoms with van der Waals surface area (Å²) >= 11 is 3.39. The molecule has 2 N–H and O–H groups in total. The Morgan fingerprint density at radius 2 is 1.67 bits per heavy atom. The van der Waals surface area contributed by atoms with Crippen molar-refractivity contribution in [2.75, 3.05) is 0 Å². The molecule has 0 saturated heterocycles. The van der Waals surface area contributed by atoms with Crippen molar-refractivity contribution in [1.29, 1.82) is 0 Å². The number of rotatable bonds is 3. The minimum Gasteiger partial charge on any atom is -0.324 e. The standard InChI is InChI=1S/C18H15BrFN/c19-15-9-4-10-16(20)18(15)17(21)11-13-7-3-6-12-5-1-2-8-14(12)13/h1-10,17H,11,21H2. The normalized spacial score (nSPS) is 12.5. The van der Waals surface area contributed by atoms with Gasteiger partial charge in [0.05, 0.1) is 0 Å². The lowest BCUT2D eigenvalue weighted by Gasteiger charge is -2.16. The number of benzene rings is 3. The van der Waals surface area contributed by atoms with Gasteiger partial charge in [-0.3, -0.25) is 0 Å². The zero-order valence-electron chi connectivity index (χ0n) is 11.4. The summed E-state index contributed by atoms with van der Waals surface area (Å²) in [5, 5.41) is 2.35. The number of hydrogen-bond acceptors (Lipinski definition) is 1. The Bertz CT molecular complexity index is 760. The van der Waals surface area contributed by atoms with E-state index in [2.05, 4.69) is 40.2 Å². The van der Waals surface area contributed by atoms with E-state index in [1.54, 1.807) is 6.07 Å². The van der Waals surface area contributed by atoms with Crippen LogP contribution in [0.5, 0.6) is 0 Å². The molecule has 1 unspecified atom stereocenters. The Morgan fingerprint density at radius 1 is 0.952 bits per heavy atom. The molecule has 0 fully saturated rings. The molecule has 3 aromatic carbocycles. The third-order valence-electron chi connectivity index (χ3n) is 3.69. The maximum atomic E-state index is 14.0. The highest BCUT2D eigenvalue weighted by Gasteiger charge is 2.16. The summed E-state index contributed by atoms with van der Waals surface area (Å²) in [4.78, 5) is 0. The van der Waals surface area contributed by atoms with E-state index in [0.717, 1.165) is 10.0 Å². The van der Waals surface area contributed by atoms with E-state index >= 15 is 0 Å². The predicted octanol–water partition coefficient (Wildman–Crippen LogP) is 4.98. The van der Waals surface area contributed by atoms with Crippen molar-refractivity contribution in [3.8, 4) is 0 Å². The molecule has 0 radical (unpaired) electrons. The van der Waals surface area contributed by atoms with Crippen molar-refractivity contribution in [1.82, 2.24) is 0 Å². The topological polar surface area (TPSA) is 26.0 Å². The summed E-state index contributed by atoms with van der Waals surface area (Å²) in [6, 6.07) is 18.9. The number of nitrogens with two attached hydrogens (primary N) is 1. The van der Waals surface area contributed by atoms with E-state index in [1.165, 1.54) is 16.8 Å². The minimum absolute atomic E-state index is 0.267. The van der Waals surface area contributed by atoms with Gasteiger partial charge in [0, 0.05) is 16.1 Å². The Hall–Kier alpha value is -1.71. The minimum atomic E-state index is -0.383. The highest BCUT2D eigenvalue weighted by Crippen LogP contribution is 2.29. The summed E-state index contributed by atoms with van der Waals surface area (Å²) in [6.45, 7) is 0. The molecule has 3 heteroatoms. The van der Waals surface area contributed by atoms with Gasteiger partial charge in [0.15, 0.2) is 0 Å². The second-order valence-corrected chi connectivity index (χ2v) is 5.94. The second-order valence-electron chi connectivity index (χ2n) is 5.08. The fourth-order valence-electron chi connectivity index (χ4n) is 2.67. The van der Waals surface area contributed by atoms with Crippen LogP contribution in [0.4, 0.5) is 4.39 Å². The SMILES string of the molecule is NC(Cc1cccc2ccccc12)c1c(F)cccc1Br. The molecular weight excluding hydrogens is 329 g/mol. The summed E-state index contributed by atoms with van der Waals surface area (Å²) < 4.78 is 14.7. The van der Waals surface area contributed by atoms with Crippen molar-refractivity contribution in [2.24, 2.45) is 5.73 Å². The molecule has 1 atom stereocenters. The average Bonchev–Trinajstić information content (AvgIpc) is 2.47. The smallest absolute Gasteiger partial charge is 0.129 e. The number of fused-ring (bicyclic) bond motifs is 1. The molecule has 106 valence electrons. The van der Waals surface area contributed by atoms with Crippen LogP contribution >= 0.6 is 15.9 Å². The highest BCUT2D eigenvalue weighted by atomic mass is 79.9. The Labute approximate surface area is 131 Å². The van der Waals surface area contributed by atoms with E-state index in [-0.39, 0.29) is 11.9 Å². The fourth-order valence-corrected chi connectivity index (χ4v) is 3.31. The molecule has 0 bridgehead atoms. The first-order chi connectivity index (χ1) is 10.2. The maximum absolute atomic E-state index is 14.0. The second kappa shape index (κ2) is 5.96. The van der Waals surface area contributed by atoms with Crippen LogP contribution < -0.4 is 5.73 Å². The van der Waals surface area contributed by atoms with Crippen molar-refractivity contribution in [3.63, 3.8) is 0 Å². The van der Waals surface area contributed by atoms with Gasteiger partial charge in [-0.25, -0.2) is 4.39 Å². The van der Waals surface area contributed by atoms with Crippen LogP contribution in [0, 0.1) is 5.82 Å². The number of hydrogen-bond donors (Lipinski definition) is 1. The van der Waals surface area contributed by atoms with E-state index in [4.69, 9.17) is 5.73 Å². The largest absolute Gasteiger partial charge is 0.324 e. The molecule has 0 aromatic heterocycles.